The summed E-state index contributed by atoms with van der Waals surface area (Å²) >= 11 is 0. The summed E-state index contributed by atoms with van der Waals surface area (Å²) in [5.41, 5.74) is 1.14. The number of fused-ring (bicyclic) bond motifs is 1. The maximum Gasteiger partial charge on any atom is 0.291 e. The van der Waals surface area contributed by atoms with Crippen molar-refractivity contribution in [2.24, 2.45) is 5.41 Å². The number of amides is 2. The minimum Gasteiger partial charge on any atom is -0.341 e. The molecule has 1 saturated heterocycles. The number of aromatic nitrogens is 3. The van der Waals surface area contributed by atoms with Crippen molar-refractivity contribution in [3.8, 4) is 0 Å². The lowest BCUT2D eigenvalue weighted by atomic mass is 9.93. The average Bonchev–Trinajstić information content (AvgIpc) is 3.20. The molecule has 0 bridgehead atoms. The Hall–Kier alpha value is -2.44. The molecule has 1 aliphatic carbocycles. The molecule has 2 fully saturated rings. The fourth-order valence-corrected chi connectivity index (χ4v) is 3.40. The first-order valence-electron chi connectivity index (χ1n) is 8.47. The third-order valence-electron chi connectivity index (χ3n) is 5.26. The SMILES string of the molecule is C[C@H](NC(=O)c1nc2ccccn2n1)C(=O)N1CCC2(CC1)CC2. The molecule has 1 N–H and O–H groups in total. The zero-order valence-electron chi connectivity index (χ0n) is 13.7. The first-order chi connectivity index (χ1) is 11.6. The summed E-state index contributed by atoms with van der Waals surface area (Å²) in [5.74, 6) is -0.366. The molecule has 1 saturated carbocycles. The highest BCUT2D eigenvalue weighted by molar-refractivity contribution is 5.95. The van der Waals surface area contributed by atoms with Gasteiger partial charge in [0, 0.05) is 19.3 Å². The molecule has 1 aliphatic heterocycles. The van der Waals surface area contributed by atoms with Crippen molar-refractivity contribution in [2.75, 3.05) is 13.1 Å². The van der Waals surface area contributed by atoms with Gasteiger partial charge in [0.15, 0.2) is 5.65 Å². The zero-order valence-corrected chi connectivity index (χ0v) is 13.7. The van der Waals surface area contributed by atoms with Gasteiger partial charge >= 0.3 is 0 Å². The minimum absolute atomic E-state index is 0.0254. The van der Waals surface area contributed by atoms with E-state index in [4.69, 9.17) is 0 Å². The van der Waals surface area contributed by atoms with Crippen LogP contribution in [-0.2, 0) is 4.79 Å². The number of nitrogens with zero attached hydrogens (tertiary/aromatic N) is 4. The van der Waals surface area contributed by atoms with Gasteiger partial charge in [-0.05, 0) is 50.2 Å². The molecule has 0 radical (unpaired) electrons. The summed E-state index contributed by atoms with van der Waals surface area (Å²) in [7, 11) is 0. The first kappa shape index (κ1) is 15.1. The molecule has 1 spiro atoms. The summed E-state index contributed by atoms with van der Waals surface area (Å²) in [6, 6.07) is 4.86. The van der Waals surface area contributed by atoms with Gasteiger partial charge in [0.2, 0.25) is 11.7 Å². The number of hydrogen-bond acceptors (Lipinski definition) is 4. The smallest absolute Gasteiger partial charge is 0.291 e. The quantitative estimate of drug-likeness (QED) is 0.920. The maximum absolute atomic E-state index is 12.5. The number of nitrogens with one attached hydrogen (secondary N) is 1. The third kappa shape index (κ3) is 2.74. The molecular weight excluding hydrogens is 306 g/mol. The zero-order chi connectivity index (χ0) is 16.7. The van der Waals surface area contributed by atoms with Crippen LogP contribution in [0.3, 0.4) is 0 Å². The topological polar surface area (TPSA) is 79.6 Å². The van der Waals surface area contributed by atoms with Gasteiger partial charge in [0.1, 0.15) is 6.04 Å². The molecule has 24 heavy (non-hydrogen) atoms. The summed E-state index contributed by atoms with van der Waals surface area (Å²) in [5, 5.41) is 6.86. The number of likely N-dealkylation sites (tertiary alicyclic amines) is 1. The van der Waals surface area contributed by atoms with Gasteiger partial charge in [0.05, 0.1) is 0 Å². The second-order valence-electron chi connectivity index (χ2n) is 6.96. The standard InChI is InChI=1S/C17H21N5O2/c1-12(16(24)21-10-7-17(5-6-17)8-11-21)18-15(23)14-19-13-4-2-3-9-22(13)20-14/h2-4,9,12H,5-8,10-11H2,1H3,(H,18,23)/t12-/m0/s1. The van der Waals surface area contributed by atoms with Crippen LogP contribution in [0.4, 0.5) is 0 Å². The van der Waals surface area contributed by atoms with Crippen molar-refractivity contribution in [2.45, 2.75) is 38.6 Å². The Morgan fingerprint density at radius 3 is 2.62 bits per heavy atom. The van der Waals surface area contributed by atoms with Gasteiger partial charge in [0.25, 0.3) is 5.91 Å². The summed E-state index contributed by atoms with van der Waals surface area (Å²) in [6.45, 7) is 3.31. The molecule has 4 rings (SSSR count). The van der Waals surface area contributed by atoms with Gasteiger partial charge in [-0.2, -0.15) is 0 Å². The highest BCUT2D eigenvalue weighted by Crippen LogP contribution is 2.53. The average molecular weight is 327 g/mol. The van der Waals surface area contributed by atoms with Crippen LogP contribution >= 0.6 is 0 Å². The van der Waals surface area contributed by atoms with Gasteiger partial charge in [-0.25, -0.2) is 9.50 Å². The van der Waals surface area contributed by atoms with Crippen LogP contribution in [0.15, 0.2) is 24.4 Å². The molecule has 3 heterocycles. The van der Waals surface area contributed by atoms with Crippen molar-refractivity contribution in [3.63, 3.8) is 0 Å². The number of hydrogen-bond donors (Lipinski definition) is 1. The number of pyridine rings is 1. The molecule has 7 heteroatoms. The molecular formula is C17H21N5O2. The molecule has 2 aliphatic rings. The van der Waals surface area contributed by atoms with Crippen molar-refractivity contribution in [3.05, 3.63) is 30.2 Å². The lowest BCUT2D eigenvalue weighted by molar-refractivity contribution is -0.134. The Balaban J connectivity index is 1.38. The highest BCUT2D eigenvalue weighted by Gasteiger charge is 2.45. The first-order valence-corrected chi connectivity index (χ1v) is 8.47. The van der Waals surface area contributed by atoms with E-state index < -0.39 is 11.9 Å². The van der Waals surface area contributed by atoms with Crippen LogP contribution in [0.2, 0.25) is 0 Å². The van der Waals surface area contributed by atoms with Crippen molar-refractivity contribution >= 4 is 17.5 Å². The Morgan fingerprint density at radius 1 is 1.21 bits per heavy atom. The predicted octanol–water partition coefficient (Wildman–Crippen LogP) is 1.25. The number of carbonyl (C=O) groups is 2. The lowest BCUT2D eigenvalue weighted by Gasteiger charge is -2.33. The summed E-state index contributed by atoms with van der Waals surface area (Å²) in [6.07, 6.45) is 6.53. The van der Waals surface area contributed by atoms with E-state index in [0.29, 0.717) is 11.1 Å². The van der Waals surface area contributed by atoms with Crippen LogP contribution < -0.4 is 5.32 Å². The fourth-order valence-electron chi connectivity index (χ4n) is 3.40. The van der Waals surface area contributed by atoms with Crippen LogP contribution in [0.25, 0.3) is 5.65 Å². The molecule has 0 unspecified atom stereocenters. The predicted molar refractivity (Wildman–Crippen MR) is 87.4 cm³/mol. The fraction of sp³-hybridized carbons (Fsp3) is 0.529. The summed E-state index contributed by atoms with van der Waals surface area (Å²) < 4.78 is 1.54. The number of rotatable bonds is 3. The Bertz CT molecular complexity index is 752. The van der Waals surface area contributed by atoms with E-state index >= 15 is 0 Å². The van der Waals surface area contributed by atoms with Crippen molar-refractivity contribution in [1.29, 1.82) is 0 Å². The Morgan fingerprint density at radius 2 is 1.96 bits per heavy atom. The van der Waals surface area contributed by atoms with Gasteiger partial charge in [-0.1, -0.05) is 6.07 Å². The molecule has 7 nitrogen and oxygen atoms in total. The molecule has 126 valence electrons. The second-order valence-corrected chi connectivity index (χ2v) is 6.96. The van der Waals surface area contributed by atoms with Gasteiger partial charge in [-0.15, -0.1) is 5.10 Å². The monoisotopic (exact) mass is 327 g/mol. The van der Waals surface area contributed by atoms with E-state index in [-0.39, 0.29) is 11.7 Å². The van der Waals surface area contributed by atoms with Gasteiger partial charge in [-0.3, -0.25) is 9.59 Å². The largest absolute Gasteiger partial charge is 0.341 e. The van der Waals surface area contributed by atoms with E-state index in [2.05, 4.69) is 15.4 Å². The van der Waals surface area contributed by atoms with Crippen molar-refractivity contribution < 1.29 is 9.59 Å². The van der Waals surface area contributed by atoms with Crippen molar-refractivity contribution in [1.82, 2.24) is 24.8 Å². The van der Waals surface area contributed by atoms with E-state index in [1.54, 1.807) is 23.7 Å². The normalized spacial score (nSPS) is 20.1. The third-order valence-corrected chi connectivity index (χ3v) is 5.26. The molecule has 2 amide bonds. The van der Waals surface area contributed by atoms with E-state index in [9.17, 15) is 9.59 Å². The molecule has 2 aromatic heterocycles. The van der Waals surface area contributed by atoms with Crippen LogP contribution in [-0.4, -0.2) is 50.4 Å². The second kappa shape index (κ2) is 5.58. The maximum atomic E-state index is 12.5. The lowest BCUT2D eigenvalue weighted by Crippen LogP contribution is -2.49. The molecule has 1 atom stereocenters. The van der Waals surface area contributed by atoms with Gasteiger partial charge < -0.3 is 10.2 Å². The molecule has 2 aromatic rings. The Kier molecular flexibility index (Phi) is 3.51. The highest BCUT2D eigenvalue weighted by atomic mass is 16.2. The van der Waals surface area contributed by atoms with E-state index in [1.165, 1.54) is 12.8 Å². The van der Waals surface area contributed by atoms with Crippen LogP contribution in [0, 0.1) is 5.41 Å². The Labute approximate surface area is 140 Å². The number of piperidine rings is 1. The minimum atomic E-state index is -0.572. The van der Waals surface area contributed by atoms with E-state index in [1.807, 2.05) is 17.0 Å². The molecule has 0 aromatic carbocycles. The van der Waals surface area contributed by atoms with E-state index in [0.717, 1.165) is 25.9 Å². The van der Waals surface area contributed by atoms with Crippen LogP contribution in [0.5, 0.6) is 0 Å². The van der Waals surface area contributed by atoms with Crippen LogP contribution in [0.1, 0.15) is 43.2 Å². The number of carbonyl (C=O) groups excluding carboxylic acids is 2. The summed E-state index contributed by atoms with van der Waals surface area (Å²) in [4.78, 5) is 30.9.